The fraction of sp³-hybridized carbons (Fsp3) is 0.350. The van der Waals surface area contributed by atoms with Crippen molar-refractivity contribution in [3.63, 3.8) is 0 Å². The second-order valence-corrected chi connectivity index (χ2v) is 9.88. The molecule has 0 aliphatic carbocycles. The van der Waals surface area contributed by atoms with Crippen LogP contribution in [0.2, 0.25) is 0 Å². The number of carbonyl (C=O) groups excluding carboxylic acids is 1. The molecule has 1 amide bonds. The molecule has 0 bridgehead atoms. The zero-order valence-corrected chi connectivity index (χ0v) is 17.6. The van der Waals surface area contributed by atoms with Gasteiger partial charge in [-0.2, -0.15) is 4.31 Å². The van der Waals surface area contributed by atoms with Crippen LogP contribution in [0.4, 0.5) is 5.69 Å². The van der Waals surface area contributed by atoms with Gasteiger partial charge in [0.25, 0.3) is 0 Å². The molecule has 1 N–H and O–H groups in total. The molecule has 0 spiro atoms. The van der Waals surface area contributed by atoms with Gasteiger partial charge in [0.1, 0.15) is 0 Å². The third-order valence-electron chi connectivity index (χ3n) is 4.48. The first-order chi connectivity index (χ1) is 13.4. The summed E-state index contributed by atoms with van der Waals surface area (Å²) >= 11 is 1.48. The molecule has 0 radical (unpaired) electrons. The number of rotatable bonds is 6. The Bertz CT molecular complexity index is 941. The second-order valence-electron chi connectivity index (χ2n) is 6.56. The zero-order chi connectivity index (χ0) is 20.1. The molecular formula is C20H24N2O4S2. The lowest BCUT2D eigenvalue weighted by Crippen LogP contribution is -2.40. The SMILES string of the molecule is Cc1ccccc1SC(C)C(=O)Nc1cccc(S(=O)(=O)N2CCOCC2)c1. The lowest BCUT2D eigenvalue weighted by molar-refractivity contribution is -0.115. The van der Waals surface area contributed by atoms with E-state index in [9.17, 15) is 13.2 Å². The number of ether oxygens (including phenoxy) is 1. The molecule has 0 saturated carbocycles. The normalized spacial score (nSPS) is 16.5. The fourth-order valence-corrected chi connectivity index (χ4v) is 5.26. The highest BCUT2D eigenvalue weighted by molar-refractivity contribution is 8.00. The molecule has 0 aromatic heterocycles. The average molecular weight is 421 g/mol. The van der Waals surface area contributed by atoms with Crippen LogP contribution in [-0.2, 0) is 19.6 Å². The number of nitrogens with zero attached hydrogens (tertiary/aromatic N) is 1. The molecule has 150 valence electrons. The van der Waals surface area contributed by atoms with Gasteiger partial charge in [-0.3, -0.25) is 4.79 Å². The highest BCUT2D eigenvalue weighted by Gasteiger charge is 2.26. The van der Waals surface area contributed by atoms with Gasteiger partial charge in [-0.25, -0.2) is 8.42 Å². The van der Waals surface area contributed by atoms with Crippen molar-refractivity contribution in [3.8, 4) is 0 Å². The van der Waals surface area contributed by atoms with E-state index in [1.54, 1.807) is 18.2 Å². The number of sulfonamides is 1. The minimum Gasteiger partial charge on any atom is -0.379 e. The zero-order valence-electron chi connectivity index (χ0n) is 15.9. The molecule has 1 aliphatic heterocycles. The number of morpholine rings is 1. The number of anilines is 1. The van der Waals surface area contributed by atoms with E-state index in [0.717, 1.165) is 10.5 Å². The summed E-state index contributed by atoms with van der Waals surface area (Å²) in [6, 6.07) is 14.3. The second kappa shape index (κ2) is 9.09. The maximum Gasteiger partial charge on any atom is 0.243 e. The molecule has 8 heteroatoms. The lowest BCUT2D eigenvalue weighted by atomic mass is 10.2. The Labute approximate surface area is 170 Å². The van der Waals surface area contributed by atoms with E-state index in [0.29, 0.717) is 32.0 Å². The van der Waals surface area contributed by atoms with E-state index >= 15 is 0 Å². The predicted molar refractivity (Wildman–Crippen MR) is 111 cm³/mol. The maximum absolute atomic E-state index is 12.8. The predicted octanol–water partition coefficient (Wildman–Crippen LogP) is 3.14. The summed E-state index contributed by atoms with van der Waals surface area (Å²) in [4.78, 5) is 13.8. The van der Waals surface area contributed by atoms with Gasteiger partial charge in [0.05, 0.1) is 23.4 Å². The topological polar surface area (TPSA) is 75.7 Å². The molecule has 1 aliphatic rings. The van der Waals surface area contributed by atoms with Crippen LogP contribution in [0.3, 0.4) is 0 Å². The molecule has 2 aromatic rings. The molecule has 1 unspecified atom stereocenters. The summed E-state index contributed by atoms with van der Waals surface area (Å²) < 4.78 is 32.2. The molecule has 28 heavy (non-hydrogen) atoms. The first kappa shape index (κ1) is 20.9. The summed E-state index contributed by atoms with van der Waals surface area (Å²) in [5.41, 5.74) is 1.59. The Morgan fingerprint density at radius 3 is 2.57 bits per heavy atom. The van der Waals surface area contributed by atoms with Gasteiger partial charge in [0.15, 0.2) is 0 Å². The summed E-state index contributed by atoms with van der Waals surface area (Å²) in [6.45, 7) is 5.30. The van der Waals surface area contributed by atoms with Crippen molar-refractivity contribution in [2.45, 2.75) is 28.9 Å². The third-order valence-corrected chi connectivity index (χ3v) is 7.65. The molecule has 1 saturated heterocycles. The van der Waals surface area contributed by atoms with Crippen molar-refractivity contribution >= 4 is 33.4 Å². The molecule has 1 fully saturated rings. The van der Waals surface area contributed by atoms with Crippen LogP contribution in [0, 0.1) is 6.92 Å². The van der Waals surface area contributed by atoms with Gasteiger partial charge < -0.3 is 10.1 Å². The van der Waals surface area contributed by atoms with Gasteiger partial charge >= 0.3 is 0 Å². The monoisotopic (exact) mass is 420 g/mol. The standard InChI is InChI=1S/C20H24N2O4S2/c1-15-6-3-4-9-19(15)27-16(2)20(23)21-17-7-5-8-18(14-17)28(24,25)22-10-12-26-13-11-22/h3-9,14,16H,10-13H2,1-2H3,(H,21,23). The number of amides is 1. The van der Waals surface area contributed by atoms with Crippen LogP contribution in [0.25, 0.3) is 0 Å². The Kier molecular flexibility index (Phi) is 6.77. The van der Waals surface area contributed by atoms with Crippen molar-refractivity contribution < 1.29 is 17.9 Å². The number of thioether (sulfide) groups is 1. The fourth-order valence-electron chi connectivity index (χ4n) is 2.85. The molecule has 6 nitrogen and oxygen atoms in total. The van der Waals surface area contributed by atoms with E-state index < -0.39 is 10.0 Å². The Hall–Kier alpha value is -1.87. The Morgan fingerprint density at radius 1 is 1.14 bits per heavy atom. The summed E-state index contributed by atoms with van der Waals surface area (Å²) in [5.74, 6) is -0.172. The number of nitrogens with one attached hydrogen (secondary N) is 1. The van der Waals surface area contributed by atoms with Crippen molar-refractivity contribution in [1.82, 2.24) is 4.31 Å². The largest absolute Gasteiger partial charge is 0.379 e. The molecular weight excluding hydrogens is 396 g/mol. The minimum atomic E-state index is -3.60. The van der Waals surface area contributed by atoms with Crippen molar-refractivity contribution in [2.75, 3.05) is 31.6 Å². The Morgan fingerprint density at radius 2 is 1.86 bits per heavy atom. The number of aryl methyl sites for hydroxylation is 1. The summed E-state index contributed by atoms with van der Waals surface area (Å²) in [5, 5.41) is 2.51. The first-order valence-electron chi connectivity index (χ1n) is 9.09. The van der Waals surface area contributed by atoms with E-state index in [4.69, 9.17) is 4.74 Å². The van der Waals surface area contributed by atoms with Crippen molar-refractivity contribution in [1.29, 1.82) is 0 Å². The quantitative estimate of drug-likeness (QED) is 0.727. The summed E-state index contributed by atoms with van der Waals surface area (Å²) in [7, 11) is -3.60. The number of hydrogen-bond acceptors (Lipinski definition) is 5. The van der Waals surface area contributed by atoms with Crippen molar-refractivity contribution in [3.05, 3.63) is 54.1 Å². The van der Waals surface area contributed by atoms with Gasteiger partial charge in [-0.05, 0) is 43.7 Å². The van der Waals surface area contributed by atoms with Gasteiger partial charge in [-0.1, -0.05) is 24.3 Å². The van der Waals surface area contributed by atoms with E-state index in [1.165, 1.54) is 22.1 Å². The van der Waals surface area contributed by atoms with E-state index in [1.807, 2.05) is 38.1 Å². The van der Waals surface area contributed by atoms with Gasteiger partial charge in [0, 0.05) is 23.7 Å². The van der Waals surface area contributed by atoms with Crippen LogP contribution in [0.1, 0.15) is 12.5 Å². The van der Waals surface area contributed by atoms with Crippen LogP contribution in [0.5, 0.6) is 0 Å². The Balaban J connectivity index is 1.70. The van der Waals surface area contributed by atoms with Crippen LogP contribution < -0.4 is 5.32 Å². The van der Waals surface area contributed by atoms with Crippen molar-refractivity contribution in [2.24, 2.45) is 0 Å². The molecule has 2 aromatic carbocycles. The first-order valence-corrected chi connectivity index (χ1v) is 11.4. The molecule has 1 heterocycles. The minimum absolute atomic E-state index is 0.172. The van der Waals surface area contributed by atoms with Crippen LogP contribution >= 0.6 is 11.8 Å². The maximum atomic E-state index is 12.8. The van der Waals surface area contributed by atoms with Gasteiger partial charge in [-0.15, -0.1) is 11.8 Å². The molecule has 1 atom stereocenters. The lowest BCUT2D eigenvalue weighted by Gasteiger charge is -2.26. The highest BCUT2D eigenvalue weighted by Crippen LogP contribution is 2.27. The summed E-state index contributed by atoms with van der Waals surface area (Å²) in [6.07, 6.45) is 0. The number of carbonyl (C=O) groups is 1. The average Bonchev–Trinajstić information content (AvgIpc) is 2.70. The smallest absolute Gasteiger partial charge is 0.243 e. The van der Waals surface area contributed by atoms with Crippen LogP contribution in [0.15, 0.2) is 58.3 Å². The number of hydrogen-bond donors (Lipinski definition) is 1. The van der Waals surface area contributed by atoms with Gasteiger partial charge in [0.2, 0.25) is 15.9 Å². The third kappa shape index (κ3) is 4.94. The molecule has 3 rings (SSSR count). The number of benzene rings is 2. The van der Waals surface area contributed by atoms with E-state index in [2.05, 4.69) is 5.32 Å². The van der Waals surface area contributed by atoms with E-state index in [-0.39, 0.29) is 16.1 Å². The highest BCUT2D eigenvalue weighted by atomic mass is 32.2. The van der Waals surface area contributed by atoms with Crippen LogP contribution in [-0.4, -0.2) is 50.2 Å².